The lowest BCUT2D eigenvalue weighted by Gasteiger charge is -2.31. The number of rotatable bonds is 5. The summed E-state index contributed by atoms with van der Waals surface area (Å²) in [5, 5.41) is 10.9. The van der Waals surface area contributed by atoms with Gasteiger partial charge in [-0.05, 0) is 25.5 Å². The highest BCUT2D eigenvalue weighted by atomic mass is 32.2. The SMILES string of the molecule is CCS[C@H]1CCCC[C@@H]1NC(=O)NCc1cnn(C)c1C. The smallest absolute Gasteiger partial charge is 0.315 e. The van der Waals surface area contributed by atoms with Crippen LogP contribution in [0.3, 0.4) is 0 Å². The molecule has 1 aliphatic carbocycles. The summed E-state index contributed by atoms with van der Waals surface area (Å²) in [6.07, 6.45) is 6.62. The van der Waals surface area contributed by atoms with Gasteiger partial charge in [0.2, 0.25) is 0 Å². The second-order valence-electron chi connectivity index (χ2n) is 5.59. The number of hydrogen-bond donors (Lipinski definition) is 2. The lowest BCUT2D eigenvalue weighted by atomic mass is 9.95. The first-order valence-electron chi connectivity index (χ1n) is 7.75. The lowest BCUT2D eigenvalue weighted by molar-refractivity contribution is 0.233. The molecule has 1 aliphatic rings. The monoisotopic (exact) mass is 310 g/mol. The molecule has 118 valence electrons. The van der Waals surface area contributed by atoms with Crippen LogP contribution < -0.4 is 10.6 Å². The largest absolute Gasteiger partial charge is 0.334 e. The predicted octanol–water partition coefficient (Wildman–Crippen LogP) is 2.59. The molecule has 1 fully saturated rings. The third-order valence-corrected chi connectivity index (χ3v) is 5.50. The van der Waals surface area contributed by atoms with E-state index in [0.717, 1.165) is 23.4 Å². The van der Waals surface area contributed by atoms with Gasteiger partial charge in [-0.2, -0.15) is 16.9 Å². The number of hydrogen-bond acceptors (Lipinski definition) is 3. The molecule has 2 rings (SSSR count). The van der Waals surface area contributed by atoms with Crippen LogP contribution in [0.2, 0.25) is 0 Å². The van der Waals surface area contributed by atoms with Crippen molar-refractivity contribution in [3.63, 3.8) is 0 Å². The Labute approximate surface area is 131 Å². The van der Waals surface area contributed by atoms with Crippen molar-refractivity contribution in [2.24, 2.45) is 7.05 Å². The Morgan fingerprint density at radius 2 is 2.24 bits per heavy atom. The van der Waals surface area contributed by atoms with Gasteiger partial charge in [-0.25, -0.2) is 4.79 Å². The molecule has 0 saturated heterocycles. The fraction of sp³-hybridized carbons (Fsp3) is 0.733. The molecule has 1 heterocycles. The number of urea groups is 1. The van der Waals surface area contributed by atoms with Crippen molar-refractivity contribution in [2.45, 2.75) is 57.4 Å². The van der Waals surface area contributed by atoms with Crippen LogP contribution in [-0.4, -0.2) is 32.9 Å². The molecule has 0 spiro atoms. The molecule has 0 unspecified atom stereocenters. The zero-order chi connectivity index (χ0) is 15.2. The maximum Gasteiger partial charge on any atom is 0.315 e. The van der Waals surface area contributed by atoms with E-state index in [-0.39, 0.29) is 6.03 Å². The minimum absolute atomic E-state index is 0.0631. The topological polar surface area (TPSA) is 59.0 Å². The Kier molecular flexibility index (Phi) is 5.96. The Balaban J connectivity index is 1.81. The first-order chi connectivity index (χ1) is 10.1. The number of thioether (sulfide) groups is 1. The van der Waals surface area contributed by atoms with Gasteiger partial charge < -0.3 is 10.6 Å². The number of aromatic nitrogens is 2. The summed E-state index contributed by atoms with van der Waals surface area (Å²) in [6, 6.07) is 0.241. The van der Waals surface area contributed by atoms with Crippen LogP contribution in [0.15, 0.2) is 6.20 Å². The molecule has 0 aromatic carbocycles. The van der Waals surface area contributed by atoms with Crippen LogP contribution in [0.4, 0.5) is 4.79 Å². The van der Waals surface area contributed by atoms with E-state index in [4.69, 9.17) is 0 Å². The van der Waals surface area contributed by atoms with E-state index >= 15 is 0 Å². The van der Waals surface area contributed by atoms with Crippen LogP contribution in [-0.2, 0) is 13.6 Å². The Morgan fingerprint density at radius 3 is 2.90 bits per heavy atom. The van der Waals surface area contributed by atoms with Crippen LogP contribution in [0.5, 0.6) is 0 Å². The Hall–Kier alpha value is -1.17. The van der Waals surface area contributed by atoms with Gasteiger partial charge in [-0.3, -0.25) is 4.68 Å². The van der Waals surface area contributed by atoms with Gasteiger partial charge in [0, 0.05) is 36.1 Å². The summed E-state index contributed by atoms with van der Waals surface area (Å²) in [4.78, 5) is 12.1. The van der Waals surface area contributed by atoms with Crippen molar-refractivity contribution in [1.29, 1.82) is 0 Å². The molecule has 1 saturated carbocycles. The van der Waals surface area contributed by atoms with Crippen molar-refractivity contribution >= 4 is 17.8 Å². The lowest BCUT2D eigenvalue weighted by Crippen LogP contribution is -2.47. The highest BCUT2D eigenvalue weighted by Gasteiger charge is 2.26. The number of amides is 2. The summed E-state index contributed by atoms with van der Waals surface area (Å²) < 4.78 is 1.82. The highest BCUT2D eigenvalue weighted by molar-refractivity contribution is 7.99. The molecule has 6 heteroatoms. The number of nitrogens with zero attached hydrogens (tertiary/aromatic N) is 2. The molecule has 5 nitrogen and oxygen atoms in total. The summed E-state index contributed by atoms with van der Waals surface area (Å²) in [5.74, 6) is 1.11. The van der Waals surface area contributed by atoms with Crippen LogP contribution >= 0.6 is 11.8 Å². The van der Waals surface area contributed by atoms with Crippen LogP contribution in [0.1, 0.15) is 43.9 Å². The third-order valence-electron chi connectivity index (χ3n) is 4.18. The molecular weight excluding hydrogens is 284 g/mol. The maximum absolute atomic E-state index is 12.1. The molecule has 1 aromatic heterocycles. The van der Waals surface area contributed by atoms with Gasteiger partial charge in [0.1, 0.15) is 0 Å². The van der Waals surface area contributed by atoms with Crippen LogP contribution in [0.25, 0.3) is 0 Å². The van der Waals surface area contributed by atoms with E-state index in [2.05, 4.69) is 22.7 Å². The molecule has 2 amide bonds. The van der Waals surface area contributed by atoms with Crippen molar-refractivity contribution in [2.75, 3.05) is 5.75 Å². The van der Waals surface area contributed by atoms with E-state index < -0.39 is 0 Å². The molecular formula is C15H26N4OS. The van der Waals surface area contributed by atoms with E-state index in [9.17, 15) is 4.79 Å². The maximum atomic E-state index is 12.1. The minimum Gasteiger partial charge on any atom is -0.334 e. The average molecular weight is 310 g/mol. The molecule has 2 atom stereocenters. The van der Waals surface area contributed by atoms with E-state index in [1.54, 1.807) is 0 Å². The molecule has 0 bridgehead atoms. The average Bonchev–Trinajstić information content (AvgIpc) is 2.79. The molecule has 21 heavy (non-hydrogen) atoms. The number of aryl methyl sites for hydroxylation is 1. The van der Waals surface area contributed by atoms with E-state index in [1.165, 1.54) is 19.3 Å². The zero-order valence-electron chi connectivity index (χ0n) is 13.2. The van der Waals surface area contributed by atoms with Crippen molar-refractivity contribution in [1.82, 2.24) is 20.4 Å². The normalized spacial score (nSPS) is 22.0. The first-order valence-corrected chi connectivity index (χ1v) is 8.80. The highest BCUT2D eigenvalue weighted by Crippen LogP contribution is 2.28. The van der Waals surface area contributed by atoms with E-state index in [1.807, 2.05) is 36.6 Å². The minimum atomic E-state index is -0.0631. The zero-order valence-corrected chi connectivity index (χ0v) is 14.0. The van der Waals surface area contributed by atoms with Gasteiger partial charge >= 0.3 is 6.03 Å². The second kappa shape index (κ2) is 7.73. The first kappa shape index (κ1) is 16.2. The number of nitrogens with one attached hydrogen (secondary N) is 2. The molecule has 2 N–H and O–H groups in total. The Bertz CT molecular complexity index is 472. The second-order valence-corrected chi connectivity index (χ2v) is 7.11. The predicted molar refractivity (Wildman–Crippen MR) is 87.5 cm³/mol. The summed E-state index contributed by atoms with van der Waals surface area (Å²) in [5.41, 5.74) is 2.16. The van der Waals surface area contributed by atoms with Crippen molar-refractivity contribution in [3.05, 3.63) is 17.5 Å². The van der Waals surface area contributed by atoms with Crippen molar-refractivity contribution < 1.29 is 4.79 Å². The van der Waals surface area contributed by atoms with Gasteiger partial charge in [0.15, 0.2) is 0 Å². The molecule has 1 aromatic rings. The van der Waals surface area contributed by atoms with E-state index in [0.29, 0.717) is 17.8 Å². The molecule has 0 aliphatic heterocycles. The van der Waals surface area contributed by atoms with Gasteiger partial charge in [0.25, 0.3) is 0 Å². The van der Waals surface area contributed by atoms with Crippen molar-refractivity contribution in [3.8, 4) is 0 Å². The summed E-state index contributed by atoms with van der Waals surface area (Å²) >= 11 is 1.97. The fourth-order valence-electron chi connectivity index (χ4n) is 2.79. The third kappa shape index (κ3) is 4.40. The van der Waals surface area contributed by atoms with Gasteiger partial charge in [-0.15, -0.1) is 0 Å². The van der Waals surface area contributed by atoms with Crippen LogP contribution in [0, 0.1) is 6.92 Å². The van der Waals surface area contributed by atoms with Gasteiger partial charge in [0.05, 0.1) is 6.20 Å². The molecule has 0 radical (unpaired) electrons. The number of carbonyl (C=O) groups excluding carboxylic acids is 1. The quantitative estimate of drug-likeness (QED) is 0.879. The standard InChI is InChI=1S/C15H26N4OS/c1-4-21-14-8-6-5-7-13(14)18-15(20)16-9-12-10-17-19(3)11(12)2/h10,13-14H,4-9H2,1-3H3,(H2,16,18,20)/t13-,14-/m0/s1. The van der Waals surface area contributed by atoms with Gasteiger partial charge in [-0.1, -0.05) is 19.8 Å². The number of carbonyl (C=O) groups is 1. The summed E-state index contributed by atoms with van der Waals surface area (Å²) in [7, 11) is 1.91. The summed E-state index contributed by atoms with van der Waals surface area (Å²) in [6.45, 7) is 4.72. The Morgan fingerprint density at radius 1 is 1.48 bits per heavy atom. The fourth-order valence-corrected chi connectivity index (χ4v) is 3.99.